The first-order chi connectivity index (χ1) is 9.59. The smallest absolute Gasteiger partial charge is 0.204 e. The molecule has 0 radical (unpaired) electrons. The zero-order chi connectivity index (χ0) is 14.2. The lowest BCUT2D eigenvalue weighted by Gasteiger charge is -2.20. The number of benzene rings is 2. The van der Waals surface area contributed by atoms with Crippen molar-refractivity contribution in [3.05, 3.63) is 77.4 Å². The van der Waals surface area contributed by atoms with E-state index in [-0.39, 0.29) is 5.78 Å². The maximum Gasteiger partial charge on any atom is 0.204 e. The average molecular weight is 282 g/mol. The van der Waals surface area contributed by atoms with Crippen LogP contribution in [0.25, 0.3) is 4.91 Å². The third kappa shape index (κ3) is 2.19. The highest BCUT2D eigenvalue weighted by Gasteiger charge is 2.43. The highest BCUT2D eigenvalue weighted by molar-refractivity contribution is 8.10. The van der Waals surface area contributed by atoms with Gasteiger partial charge in [-0.05, 0) is 18.6 Å². The van der Waals surface area contributed by atoms with Crippen molar-refractivity contribution in [2.24, 2.45) is 0 Å². The van der Waals surface area contributed by atoms with Crippen molar-refractivity contribution in [3.8, 4) is 0 Å². The van der Waals surface area contributed by atoms with Gasteiger partial charge in [-0.15, -0.1) is 0 Å². The molecule has 0 bridgehead atoms. The number of aryl methyl sites for hydroxylation is 1. The van der Waals surface area contributed by atoms with E-state index in [1.54, 1.807) is 12.1 Å². The quantitative estimate of drug-likeness (QED) is 0.916. The van der Waals surface area contributed by atoms with E-state index >= 15 is 0 Å². The highest BCUT2D eigenvalue weighted by Crippen LogP contribution is 2.49. The third-order valence-corrected chi connectivity index (χ3v) is 4.66. The molecule has 1 unspecified atom stereocenters. The number of hydrogen-bond acceptors (Lipinski definition) is 3. The van der Waals surface area contributed by atoms with Gasteiger partial charge in [-0.1, -0.05) is 71.9 Å². The van der Waals surface area contributed by atoms with Crippen molar-refractivity contribution in [1.82, 2.24) is 0 Å². The number of aliphatic hydroxyl groups is 1. The predicted octanol–water partition coefficient (Wildman–Crippen LogP) is 3.50. The normalized spacial score (nSPS) is 21.9. The van der Waals surface area contributed by atoms with Gasteiger partial charge in [-0.2, -0.15) is 0 Å². The molecule has 2 aromatic carbocycles. The predicted molar refractivity (Wildman–Crippen MR) is 82.1 cm³/mol. The molecule has 1 atom stereocenters. The Morgan fingerprint density at radius 3 is 2.30 bits per heavy atom. The monoisotopic (exact) mass is 282 g/mol. The van der Waals surface area contributed by atoms with Gasteiger partial charge in [0.15, 0.2) is 0 Å². The summed E-state index contributed by atoms with van der Waals surface area (Å²) in [5, 5.41) is 10.7. The van der Waals surface area contributed by atoms with Crippen LogP contribution in [0.15, 0.2) is 60.7 Å². The minimum atomic E-state index is -1.50. The van der Waals surface area contributed by atoms with E-state index in [1.807, 2.05) is 49.4 Å². The summed E-state index contributed by atoms with van der Waals surface area (Å²) in [7, 11) is 0. The van der Waals surface area contributed by atoms with E-state index in [2.05, 4.69) is 0 Å². The molecule has 1 aliphatic rings. The van der Waals surface area contributed by atoms with Crippen molar-refractivity contribution in [2.75, 3.05) is 0 Å². The van der Waals surface area contributed by atoms with Gasteiger partial charge >= 0.3 is 0 Å². The molecule has 0 fully saturated rings. The molecule has 0 amide bonds. The summed E-state index contributed by atoms with van der Waals surface area (Å²) in [6.07, 6.45) is 1.53. The molecular formula is C17H14O2S. The standard InChI is InChI=1S/C17H14O2S/c1-12-7-9-13(10-8-12)15-11-16(18)17(19,20-15)14-5-3-2-4-6-14/h2-11,19H,1H3. The molecule has 0 saturated carbocycles. The third-order valence-electron chi connectivity index (χ3n) is 3.35. The number of hydrogen-bond donors (Lipinski definition) is 1. The van der Waals surface area contributed by atoms with Gasteiger partial charge < -0.3 is 5.11 Å². The number of ketones is 1. The van der Waals surface area contributed by atoms with Crippen LogP contribution >= 0.6 is 11.8 Å². The van der Waals surface area contributed by atoms with E-state index in [9.17, 15) is 9.90 Å². The van der Waals surface area contributed by atoms with E-state index in [4.69, 9.17) is 0 Å². The molecule has 1 heterocycles. The van der Waals surface area contributed by atoms with Crippen molar-refractivity contribution in [3.63, 3.8) is 0 Å². The van der Waals surface area contributed by atoms with Crippen LogP contribution in [0.5, 0.6) is 0 Å². The van der Waals surface area contributed by atoms with Crippen LogP contribution in [0, 0.1) is 6.92 Å². The average Bonchev–Trinajstić information content (AvgIpc) is 2.78. The fraction of sp³-hybridized carbons (Fsp3) is 0.118. The molecule has 100 valence electrons. The van der Waals surface area contributed by atoms with Gasteiger partial charge in [0.2, 0.25) is 10.7 Å². The fourth-order valence-electron chi connectivity index (χ4n) is 2.18. The molecule has 2 aromatic rings. The minimum absolute atomic E-state index is 0.274. The second-order valence-electron chi connectivity index (χ2n) is 4.85. The number of carbonyl (C=O) groups is 1. The van der Waals surface area contributed by atoms with Crippen molar-refractivity contribution < 1.29 is 9.90 Å². The zero-order valence-electron chi connectivity index (χ0n) is 11.0. The topological polar surface area (TPSA) is 37.3 Å². The van der Waals surface area contributed by atoms with Crippen LogP contribution < -0.4 is 0 Å². The maximum atomic E-state index is 12.2. The second-order valence-corrected chi connectivity index (χ2v) is 6.09. The van der Waals surface area contributed by atoms with Crippen LogP contribution in [-0.4, -0.2) is 10.9 Å². The number of thioether (sulfide) groups is 1. The lowest BCUT2D eigenvalue weighted by molar-refractivity contribution is -0.124. The van der Waals surface area contributed by atoms with Crippen molar-refractivity contribution in [2.45, 2.75) is 11.9 Å². The summed E-state index contributed by atoms with van der Waals surface area (Å²) in [6.45, 7) is 2.02. The van der Waals surface area contributed by atoms with Crippen LogP contribution in [-0.2, 0) is 9.73 Å². The number of carbonyl (C=O) groups excluding carboxylic acids is 1. The Hall–Kier alpha value is -1.84. The van der Waals surface area contributed by atoms with Crippen LogP contribution in [0.3, 0.4) is 0 Å². The molecule has 0 saturated heterocycles. The second kappa shape index (κ2) is 4.93. The lowest BCUT2D eigenvalue weighted by atomic mass is 10.0. The first-order valence-electron chi connectivity index (χ1n) is 6.40. The summed E-state index contributed by atoms with van der Waals surface area (Å²) in [6, 6.07) is 17.0. The molecule has 1 N–H and O–H groups in total. The van der Waals surface area contributed by atoms with Gasteiger partial charge in [-0.3, -0.25) is 4.79 Å². The van der Waals surface area contributed by atoms with Crippen LogP contribution in [0.1, 0.15) is 16.7 Å². The Morgan fingerprint density at radius 2 is 1.65 bits per heavy atom. The largest absolute Gasteiger partial charge is 0.368 e. The van der Waals surface area contributed by atoms with E-state index < -0.39 is 4.93 Å². The Morgan fingerprint density at radius 1 is 1.00 bits per heavy atom. The Labute approximate surface area is 122 Å². The molecule has 0 aromatic heterocycles. The van der Waals surface area contributed by atoms with Gasteiger partial charge in [0.1, 0.15) is 0 Å². The van der Waals surface area contributed by atoms with E-state index in [0.717, 1.165) is 10.5 Å². The molecule has 20 heavy (non-hydrogen) atoms. The van der Waals surface area contributed by atoms with Gasteiger partial charge in [0.25, 0.3) is 0 Å². The maximum absolute atomic E-state index is 12.2. The molecular weight excluding hydrogens is 268 g/mol. The van der Waals surface area contributed by atoms with Crippen LogP contribution in [0.4, 0.5) is 0 Å². The molecule has 2 nitrogen and oxygen atoms in total. The van der Waals surface area contributed by atoms with Crippen LogP contribution in [0.2, 0.25) is 0 Å². The van der Waals surface area contributed by atoms with Crippen molar-refractivity contribution >= 4 is 22.5 Å². The lowest BCUT2D eigenvalue weighted by Crippen LogP contribution is -2.27. The summed E-state index contributed by atoms with van der Waals surface area (Å²) >= 11 is 1.20. The van der Waals surface area contributed by atoms with Gasteiger partial charge in [0, 0.05) is 10.5 Å². The van der Waals surface area contributed by atoms with E-state index in [1.165, 1.54) is 23.4 Å². The first kappa shape index (κ1) is 13.2. The van der Waals surface area contributed by atoms with E-state index in [0.29, 0.717) is 5.56 Å². The van der Waals surface area contributed by atoms with Crippen molar-refractivity contribution in [1.29, 1.82) is 0 Å². The summed E-state index contributed by atoms with van der Waals surface area (Å²) in [5.74, 6) is -0.274. The summed E-state index contributed by atoms with van der Waals surface area (Å²) in [4.78, 5) is 11.5. The summed E-state index contributed by atoms with van der Waals surface area (Å²) < 4.78 is 0. The molecule has 3 rings (SSSR count). The molecule has 0 spiro atoms. The summed E-state index contributed by atoms with van der Waals surface area (Å²) in [5.41, 5.74) is 2.75. The molecule has 1 aliphatic heterocycles. The Bertz CT molecular complexity index is 674. The zero-order valence-corrected chi connectivity index (χ0v) is 11.9. The first-order valence-corrected chi connectivity index (χ1v) is 7.21. The molecule has 0 aliphatic carbocycles. The van der Waals surface area contributed by atoms with Gasteiger partial charge in [-0.25, -0.2) is 0 Å². The Kier molecular flexibility index (Phi) is 3.24. The highest BCUT2D eigenvalue weighted by atomic mass is 32.2. The SMILES string of the molecule is Cc1ccc(C2=CC(=O)C(O)(c3ccccc3)S2)cc1. The fourth-order valence-corrected chi connectivity index (χ4v) is 3.33. The van der Waals surface area contributed by atoms with Gasteiger partial charge in [0.05, 0.1) is 0 Å². The molecule has 3 heteroatoms. The Balaban J connectivity index is 1.94. The number of rotatable bonds is 2. The minimum Gasteiger partial charge on any atom is -0.368 e.